The fraction of sp³-hybridized carbons (Fsp3) is 0.455. The molecule has 1 heterocycles. The number of hydrogen-bond donors (Lipinski definition) is 2. The summed E-state index contributed by atoms with van der Waals surface area (Å²) in [7, 11) is 1.73. The molecule has 0 saturated heterocycles. The van der Waals surface area contributed by atoms with Crippen LogP contribution in [0.25, 0.3) is 0 Å². The maximum Gasteiger partial charge on any atom is 0.433 e. The lowest BCUT2D eigenvalue weighted by Crippen LogP contribution is -2.30. The molecule has 0 saturated carbocycles. The van der Waals surface area contributed by atoms with E-state index < -0.39 is 11.9 Å². The van der Waals surface area contributed by atoms with E-state index in [4.69, 9.17) is 5.26 Å². The van der Waals surface area contributed by atoms with Crippen LogP contribution in [0.15, 0.2) is 12.1 Å². The van der Waals surface area contributed by atoms with Gasteiger partial charge in [-0.3, -0.25) is 0 Å². The summed E-state index contributed by atoms with van der Waals surface area (Å²) in [5.74, 6) is -0.0468. The van der Waals surface area contributed by atoms with Crippen molar-refractivity contribution in [3.8, 4) is 6.07 Å². The van der Waals surface area contributed by atoms with Gasteiger partial charge in [0.15, 0.2) is 0 Å². The van der Waals surface area contributed by atoms with Crippen LogP contribution in [-0.4, -0.2) is 24.6 Å². The highest BCUT2D eigenvalue weighted by Gasteiger charge is 2.33. The molecule has 1 atom stereocenters. The van der Waals surface area contributed by atoms with Gasteiger partial charge in [0.05, 0.1) is 5.56 Å². The largest absolute Gasteiger partial charge is 0.433 e. The van der Waals surface area contributed by atoms with Crippen molar-refractivity contribution in [3.63, 3.8) is 0 Å². The molecule has 0 aliphatic heterocycles. The van der Waals surface area contributed by atoms with Gasteiger partial charge in [-0.25, -0.2) is 4.98 Å². The molecule has 0 radical (unpaired) electrons. The van der Waals surface area contributed by atoms with E-state index in [0.29, 0.717) is 6.54 Å². The van der Waals surface area contributed by atoms with E-state index in [-0.39, 0.29) is 17.4 Å². The van der Waals surface area contributed by atoms with Gasteiger partial charge in [0.2, 0.25) is 0 Å². The Morgan fingerprint density at radius 3 is 2.61 bits per heavy atom. The van der Waals surface area contributed by atoms with Crippen molar-refractivity contribution >= 4 is 5.82 Å². The number of nitrogens with one attached hydrogen (secondary N) is 2. The Balaban J connectivity index is 2.97. The second-order valence-electron chi connectivity index (χ2n) is 3.77. The van der Waals surface area contributed by atoms with Crippen molar-refractivity contribution in [1.29, 1.82) is 5.26 Å². The summed E-state index contributed by atoms with van der Waals surface area (Å²) < 4.78 is 37.4. The molecule has 1 unspecified atom stereocenters. The lowest BCUT2D eigenvalue weighted by atomic mass is 10.2. The Kier molecular flexibility index (Phi) is 4.50. The second kappa shape index (κ2) is 5.69. The fourth-order valence-corrected chi connectivity index (χ4v) is 1.19. The number of halogens is 3. The third-order valence-corrected chi connectivity index (χ3v) is 2.37. The van der Waals surface area contributed by atoms with Gasteiger partial charge in [-0.2, -0.15) is 18.4 Å². The Bertz CT molecular complexity index is 451. The zero-order chi connectivity index (χ0) is 13.8. The van der Waals surface area contributed by atoms with Gasteiger partial charge in [0.25, 0.3) is 0 Å². The Morgan fingerprint density at radius 2 is 2.11 bits per heavy atom. The average Bonchev–Trinajstić information content (AvgIpc) is 2.34. The van der Waals surface area contributed by atoms with Crippen LogP contribution in [-0.2, 0) is 6.18 Å². The second-order valence-corrected chi connectivity index (χ2v) is 3.77. The van der Waals surface area contributed by atoms with E-state index in [9.17, 15) is 13.2 Å². The number of likely N-dealkylation sites (N-methyl/N-ethyl adjacent to an activating group) is 1. The summed E-state index contributed by atoms with van der Waals surface area (Å²) in [6.45, 7) is 2.23. The Hall–Kier alpha value is -1.81. The highest BCUT2D eigenvalue weighted by atomic mass is 19.4. The van der Waals surface area contributed by atoms with E-state index in [1.54, 1.807) is 13.1 Å². The molecule has 0 aliphatic rings. The minimum atomic E-state index is -4.51. The molecule has 1 aromatic rings. The zero-order valence-corrected chi connectivity index (χ0v) is 9.97. The first-order valence-corrected chi connectivity index (χ1v) is 5.28. The Morgan fingerprint density at radius 1 is 1.44 bits per heavy atom. The van der Waals surface area contributed by atoms with Crippen LogP contribution in [0.4, 0.5) is 19.0 Å². The summed E-state index contributed by atoms with van der Waals surface area (Å²) >= 11 is 0. The van der Waals surface area contributed by atoms with Crippen molar-refractivity contribution < 1.29 is 13.2 Å². The predicted molar refractivity (Wildman–Crippen MR) is 61.0 cm³/mol. The van der Waals surface area contributed by atoms with Crippen molar-refractivity contribution in [1.82, 2.24) is 10.3 Å². The van der Waals surface area contributed by atoms with Gasteiger partial charge in [0, 0.05) is 12.6 Å². The lowest BCUT2D eigenvalue weighted by Gasteiger charge is -2.14. The molecule has 0 fully saturated rings. The fourth-order valence-electron chi connectivity index (χ4n) is 1.19. The number of aromatic nitrogens is 1. The molecule has 4 nitrogen and oxygen atoms in total. The number of anilines is 1. The molecule has 0 amide bonds. The quantitative estimate of drug-likeness (QED) is 0.867. The highest BCUT2D eigenvalue weighted by Crippen LogP contribution is 2.29. The van der Waals surface area contributed by atoms with Crippen LogP contribution in [0.1, 0.15) is 18.2 Å². The molecule has 1 rings (SSSR count). The van der Waals surface area contributed by atoms with Crippen LogP contribution in [0.3, 0.4) is 0 Å². The maximum absolute atomic E-state index is 12.5. The van der Waals surface area contributed by atoms with Gasteiger partial charge in [-0.1, -0.05) is 0 Å². The van der Waals surface area contributed by atoms with Crippen molar-refractivity contribution in [2.45, 2.75) is 19.1 Å². The minimum Gasteiger partial charge on any atom is -0.367 e. The van der Waals surface area contributed by atoms with E-state index in [2.05, 4.69) is 15.6 Å². The Labute approximate surface area is 103 Å². The first kappa shape index (κ1) is 14.3. The molecule has 0 aromatic carbocycles. The first-order chi connectivity index (χ1) is 8.38. The summed E-state index contributed by atoms with van der Waals surface area (Å²) in [5, 5.41) is 14.5. The van der Waals surface area contributed by atoms with Crippen molar-refractivity contribution in [3.05, 3.63) is 23.4 Å². The lowest BCUT2D eigenvalue weighted by molar-refractivity contribution is -0.141. The van der Waals surface area contributed by atoms with Crippen LogP contribution < -0.4 is 10.6 Å². The van der Waals surface area contributed by atoms with E-state index >= 15 is 0 Å². The first-order valence-electron chi connectivity index (χ1n) is 5.28. The molecule has 18 heavy (non-hydrogen) atoms. The van der Waals surface area contributed by atoms with Crippen molar-refractivity contribution in [2.75, 3.05) is 18.9 Å². The van der Waals surface area contributed by atoms with Crippen molar-refractivity contribution in [2.24, 2.45) is 0 Å². The maximum atomic E-state index is 12.5. The molecule has 1 aromatic heterocycles. The molecular weight excluding hydrogens is 245 g/mol. The third kappa shape index (κ3) is 3.60. The number of nitriles is 1. The average molecular weight is 258 g/mol. The van der Waals surface area contributed by atoms with E-state index in [0.717, 1.165) is 12.1 Å². The number of alkyl halides is 3. The van der Waals surface area contributed by atoms with E-state index in [1.165, 1.54) is 0 Å². The molecule has 2 N–H and O–H groups in total. The number of nitrogens with zero attached hydrogens (tertiary/aromatic N) is 2. The summed E-state index contributed by atoms with van der Waals surface area (Å²) in [6, 6.07) is 3.76. The molecule has 7 heteroatoms. The normalized spacial score (nSPS) is 12.9. The molecule has 0 aliphatic carbocycles. The van der Waals surface area contributed by atoms with Crippen LogP contribution in [0.5, 0.6) is 0 Å². The molecule has 98 valence electrons. The smallest absolute Gasteiger partial charge is 0.367 e. The SMILES string of the molecule is CNC(C)CNc1nc(C(F)(F)F)ccc1C#N. The summed E-state index contributed by atoms with van der Waals surface area (Å²) in [5.41, 5.74) is -0.924. The molecule has 0 bridgehead atoms. The zero-order valence-electron chi connectivity index (χ0n) is 9.97. The third-order valence-electron chi connectivity index (χ3n) is 2.37. The topological polar surface area (TPSA) is 60.7 Å². The molecule has 0 spiro atoms. The standard InChI is InChI=1S/C11H13F3N4/c1-7(16-2)6-17-10-8(5-15)3-4-9(18-10)11(12,13)14/h3-4,7,16H,6H2,1-2H3,(H,17,18). The van der Waals surface area contributed by atoms with Crippen LogP contribution >= 0.6 is 0 Å². The number of rotatable bonds is 4. The van der Waals surface area contributed by atoms with Crippen LogP contribution in [0.2, 0.25) is 0 Å². The predicted octanol–water partition coefficient (Wildman–Crippen LogP) is 1.99. The van der Waals surface area contributed by atoms with Crippen LogP contribution in [0, 0.1) is 11.3 Å². The molecular formula is C11H13F3N4. The highest BCUT2D eigenvalue weighted by molar-refractivity contribution is 5.52. The van der Waals surface area contributed by atoms with Gasteiger partial charge in [-0.05, 0) is 26.1 Å². The van der Waals surface area contributed by atoms with Gasteiger partial charge in [0.1, 0.15) is 17.6 Å². The summed E-state index contributed by atoms with van der Waals surface area (Å²) in [6.07, 6.45) is -4.51. The minimum absolute atomic E-state index is 0.0468. The van der Waals surface area contributed by atoms with E-state index in [1.807, 2.05) is 6.92 Å². The van der Waals surface area contributed by atoms with Gasteiger partial charge in [-0.15, -0.1) is 0 Å². The van der Waals surface area contributed by atoms with Gasteiger partial charge < -0.3 is 10.6 Å². The monoisotopic (exact) mass is 258 g/mol. The number of pyridine rings is 1. The summed E-state index contributed by atoms with van der Waals surface area (Å²) in [4.78, 5) is 3.43. The number of hydrogen-bond acceptors (Lipinski definition) is 4. The van der Waals surface area contributed by atoms with Gasteiger partial charge >= 0.3 is 6.18 Å².